The fourth-order valence-electron chi connectivity index (χ4n) is 4.85. The van der Waals surface area contributed by atoms with Crippen LogP contribution in [0.5, 0.6) is 5.75 Å². The third-order valence-corrected chi connectivity index (χ3v) is 6.83. The molecule has 0 spiro atoms. The van der Waals surface area contributed by atoms with Crippen LogP contribution in [-0.2, 0) is 14.3 Å². The summed E-state index contributed by atoms with van der Waals surface area (Å²) in [7, 11) is 0. The summed E-state index contributed by atoms with van der Waals surface area (Å²) in [5.41, 5.74) is 3.31. The van der Waals surface area contributed by atoms with Gasteiger partial charge in [-0.3, -0.25) is 14.5 Å². The second kappa shape index (κ2) is 11.7. The number of rotatable bonds is 9. The van der Waals surface area contributed by atoms with Crippen molar-refractivity contribution in [1.29, 1.82) is 0 Å². The van der Waals surface area contributed by atoms with Crippen LogP contribution >= 0.6 is 0 Å². The predicted molar refractivity (Wildman–Crippen MR) is 139 cm³/mol. The van der Waals surface area contributed by atoms with Crippen LogP contribution in [0, 0.1) is 13.8 Å². The molecule has 7 nitrogen and oxygen atoms in total. The fraction of sp³-hybridized carbons (Fsp3) is 0.448. The Kier molecular flexibility index (Phi) is 8.44. The zero-order chi connectivity index (χ0) is 25.7. The quantitative estimate of drug-likeness (QED) is 0.321. The van der Waals surface area contributed by atoms with Gasteiger partial charge in [-0.1, -0.05) is 36.8 Å². The van der Waals surface area contributed by atoms with E-state index in [9.17, 15) is 14.7 Å². The lowest BCUT2D eigenvalue weighted by molar-refractivity contribution is -0.140. The molecule has 2 aromatic rings. The largest absolute Gasteiger partial charge is 0.507 e. The summed E-state index contributed by atoms with van der Waals surface area (Å²) in [6.07, 6.45) is 1.63. The van der Waals surface area contributed by atoms with Gasteiger partial charge in [0.1, 0.15) is 11.5 Å². The van der Waals surface area contributed by atoms with Gasteiger partial charge in [-0.05, 0) is 56.0 Å². The van der Waals surface area contributed by atoms with Crippen LogP contribution in [0.1, 0.15) is 48.1 Å². The Morgan fingerprint density at radius 2 is 1.78 bits per heavy atom. The van der Waals surface area contributed by atoms with E-state index in [0.717, 1.165) is 54.9 Å². The van der Waals surface area contributed by atoms with Crippen molar-refractivity contribution >= 4 is 17.4 Å². The van der Waals surface area contributed by atoms with Gasteiger partial charge < -0.3 is 19.5 Å². The van der Waals surface area contributed by atoms with Gasteiger partial charge in [-0.15, -0.1) is 0 Å². The summed E-state index contributed by atoms with van der Waals surface area (Å²) < 4.78 is 11.1. The molecule has 2 aromatic carbocycles. The van der Waals surface area contributed by atoms with Crippen LogP contribution in [-0.4, -0.2) is 72.6 Å². The number of amides is 1. The number of morpholine rings is 1. The lowest BCUT2D eigenvalue weighted by Crippen LogP contribution is -2.38. The van der Waals surface area contributed by atoms with Gasteiger partial charge in [-0.25, -0.2) is 0 Å². The van der Waals surface area contributed by atoms with Gasteiger partial charge in [0.05, 0.1) is 31.4 Å². The van der Waals surface area contributed by atoms with E-state index in [2.05, 4.69) is 4.90 Å². The minimum atomic E-state index is -0.658. The average Bonchev–Trinajstić information content (AvgIpc) is 3.14. The van der Waals surface area contributed by atoms with Gasteiger partial charge in [0.25, 0.3) is 11.7 Å². The van der Waals surface area contributed by atoms with Gasteiger partial charge in [0.15, 0.2) is 0 Å². The second-order valence-corrected chi connectivity index (χ2v) is 9.54. The maximum Gasteiger partial charge on any atom is 0.295 e. The van der Waals surface area contributed by atoms with Crippen molar-refractivity contribution in [2.24, 2.45) is 0 Å². The monoisotopic (exact) mass is 492 g/mol. The number of ketones is 1. The van der Waals surface area contributed by atoms with Gasteiger partial charge in [-0.2, -0.15) is 0 Å². The van der Waals surface area contributed by atoms with E-state index < -0.39 is 17.7 Å². The van der Waals surface area contributed by atoms with Gasteiger partial charge >= 0.3 is 0 Å². The lowest BCUT2D eigenvalue weighted by atomic mass is 9.93. The molecule has 0 aliphatic carbocycles. The van der Waals surface area contributed by atoms with Crippen molar-refractivity contribution in [3.8, 4) is 5.75 Å². The van der Waals surface area contributed by atoms with Gasteiger partial charge in [0.2, 0.25) is 0 Å². The number of nitrogens with zero attached hydrogens (tertiary/aromatic N) is 2. The number of ether oxygens (including phenoxy) is 2. The lowest BCUT2D eigenvalue weighted by Gasteiger charge is -2.29. The topological polar surface area (TPSA) is 79.3 Å². The summed E-state index contributed by atoms with van der Waals surface area (Å²) in [5.74, 6) is -0.600. The van der Waals surface area contributed by atoms with E-state index in [1.165, 1.54) is 0 Å². The molecule has 1 N–H and O–H groups in total. The third-order valence-electron chi connectivity index (χ3n) is 6.83. The average molecular weight is 493 g/mol. The molecule has 1 amide bonds. The fourth-order valence-corrected chi connectivity index (χ4v) is 4.85. The van der Waals surface area contributed by atoms with Crippen LogP contribution in [0.25, 0.3) is 5.76 Å². The van der Waals surface area contributed by atoms with Crippen LogP contribution in [0.2, 0.25) is 0 Å². The van der Waals surface area contributed by atoms with Crippen molar-refractivity contribution in [2.75, 3.05) is 46.0 Å². The molecule has 0 saturated carbocycles. The standard InChI is InChI=1S/C29H36N2O5/c1-4-16-36-23-10-8-22(9-11-23)26-25(27(32)24-19-20(2)6-7-21(24)3)28(33)29(34)31(26)13-5-12-30-14-17-35-18-15-30/h6-11,19,26,32H,4-5,12-18H2,1-3H3. The molecule has 2 aliphatic rings. The molecule has 2 saturated heterocycles. The number of carbonyl (C=O) groups excluding carboxylic acids is 2. The van der Waals surface area contributed by atoms with Gasteiger partial charge in [0, 0.05) is 31.7 Å². The molecule has 4 rings (SSSR count). The zero-order valence-electron chi connectivity index (χ0n) is 21.5. The number of benzene rings is 2. The Labute approximate surface area is 213 Å². The maximum absolute atomic E-state index is 13.3. The van der Waals surface area contributed by atoms with Crippen LogP contribution < -0.4 is 4.74 Å². The summed E-state index contributed by atoms with van der Waals surface area (Å²) in [6, 6.07) is 12.6. The highest BCUT2D eigenvalue weighted by molar-refractivity contribution is 6.46. The Morgan fingerprint density at radius 3 is 2.47 bits per heavy atom. The van der Waals surface area contributed by atoms with Crippen LogP contribution in [0.3, 0.4) is 0 Å². The smallest absolute Gasteiger partial charge is 0.295 e. The molecule has 2 fully saturated rings. The van der Waals surface area contributed by atoms with Crippen LogP contribution in [0.15, 0.2) is 48.0 Å². The zero-order valence-corrected chi connectivity index (χ0v) is 21.5. The molecule has 1 atom stereocenters. The molecule has 36 heavy (non-hydrogen) atoms. The number of hydrogen-bond acceptors (Lipinski definition) is 6. The Bertz CT molecular complexity index is 1120. The minimum Gasteiger partial charge on any atom is -0.507 e. The first-order valence-electron chi connectivity index (χ1n) is 12.8. The van der Waals surface area contributed by atoms with E-state index in [0.29, 0.717) is 31.9 Å². The number of aliphatic hydroxyl groups is 1. The number of aryl methyl sites for hydroxylation is 2. The summed E-state index contributed by atoms with van der Waals surface area (Å²) in [5, 5.41) is 11.4. The maximum atomic E-state index is 13.3. The van der Waals surface area contributed by atoms with Crippen molar-refractivity contribution in [3.63, 3.8) is 0 Å². The van der Waals surface area contributed by atoms with Crippen LogP contribution in [0.4, 0.5) is 0 Å². The summed E-state index contributed by atoms with van der Waals surface area (Å²) >= 11 is 0. The molecule has 192 valence electrons. The first-order valence-corrected chi connectivity index (χ1v) is 12.8. The first kappa shape index (κ1) is 25.9. The molecule has 2 heterocycles. The van der Waals surface area contributed by atoms with E-state index in [1.807, 2.05) is 63.2 Å². The van der Waals surface area contributed by atoms with Crippen molar-refractivity contribution in [2.45, 2.75) is 39.7 Å². The molecule has 2 aliphatic heterocycles. The number of likely N-dealkylation sites (tertiary alicyclic amines) is 1. The molecule has 0 radical (unpaired) electrons. The summed E-state index contributed by atoms with van der Waals surface area (Å²) in [4.78, 5) is 30.5. The number of aliphatic hydroxyl groups excluding tert-OH is 1. The normalized spacial score (nSPS) is 20.2. The highest BCUT2D eigenvalue weighted by Crippen LogP contribution is 2.40. The third kappa shape index (κ3) is 5.63. The van der Waals surface area contributed by atoms with Crippen molar-refractivity contribution in [1.82, 2.24) is 9.80 Å². The Hall–Kier alpha value is -3.16. The molecule has 7 heteroatoms. The Balaban J connectivity index is 1.68. The van der Waals surface area contributed by atoms with Crippen molar-refractivity contribution in [3.05, 3.63) is 70.3 Å². The second-order valence-electron chi connectivity index (χ2n) is 9.54. The molecule has 0 bridgehead atoms. The number of Topliss-reactive ketones (excluding diaryl/α,β-unsaturated/α-hetero) is 1. The number of carbonyl (C=O) groups is 2. The highest BCUT2D eigenvalue weighted by atomic mass is 16.5. The number of hydrogen-bond donors (Lipinski definition) is 1. The summed E-state index contributed by atoms with van der Waals surface area (Å²) in [6.45, 7) is 10.9. The molecular weight excluding hydrogens is 456 g/mol. The highest BCUT2D eigenvalue weighted by Gasteiger charge is 2.46. The minimum absolute atomic E-state index is 0.124. The molecule has 0 aromatic heterocycles. The molecular formula is C29H36N2O5. The van der Waals surface area contributed by atoms with E-state index in [-0.39, 0.29) is 11.3 Å². The predicted octanol–water partition coefficient (Wildman–Crippen LogP) is 4.24. The Morgan fingerprint density at radius 1 is 1.06 bits per heavy atom. The first-order chi connectivity index (χ1) is 17.4. The SMILES string of the molecule is CCCOc1ccc(C2C(=C(O)c3cc(C)ccc3C)C(=O)C(=O)N2CCCN2CCOCC2)cc1. The van der Waals surface area contributed by atoms with Crippen molar-refractivity contribution < 1.29 is 24.2 Å². The van der Waals surface area contributed by atoms with E-state index >= 15 is 0 Å². The molecule has 1 unspecified atom stereocenters. The van der Waals surface area contributed by atoms with E-state index in [4.69, 9.17) is 9.47 Å². The van der Waals surface area contributed by atoms with E-state index in [1.54, 1.807) is 4.90 Å².